The van der Waals surface area contributed by atoms with E-state index in [0.29, 0.717) is 6.54 Å². The Morgan fingerprint density at radius 2 is 2.00 bits per heavy atom. The van der Waals surface area contributed by atoms with E-state index >= 15 is 0 Å². The summed E-state index contributed by atoms with van der Waals surface area (Å²) in [6.45, 7) is 6.79. The number of urea groups is 1. The molecule has 2 N–H and O–H groups in total. The molecule has 7 nitrogen and oxygen atoms in total. The minimum absolute atomic E-state index is 0.194. The molecule has 144 valence electrons. The van der Waals surface area contributed by atoms with Gasteiger partial charge in [0, 0.05) is 63.6 Å². The Labute approximate surface area is 159 Å². The number of rotatable bonds is 7. The first-order chi connectivity index (χ1) is 12.4. The van der Waals surface area contributed by atoms with Gasteiger partial charge in [0.2, 0.25) is 0 Å². The van der Waals surface area contributed by atoms with Gasteiger partial charge >= 0.3 is 12.0 Å². The van der Waals surface area contributed by atoms with Crippen LogP contribution in [-0.4, -0.2) is 79.8 Å². The van der Waals surface area contributed by atoms with Gasteiger partial charge in [-0.2, -0.15) is 0 Å². The Balaban J connectivity index is 1.67. The molecule has 1 aliphatic rings. The maximum absolute atomic E-state index is 12.0. The van der Waals surface area contributed by atoms with Crippen LogP contribution in [0.5, 0.6) is 0 Å². The van der Waals surface area contributed by atoms with Crippen LogP contribution in [-0.2, 0) is 4.79 Å². The van der Waals surface area contributed by atoms with E-state index in [-0.39, 0.29) is 12.6 Å². The highest BCUT2D eigenvalue weighted by Crippen LogP contribution is 2.20. The summed E-state index contributed by atoms with van der Waals surface area (Å²) < 4.78 is 0. The fourth-order valence-electron chi connectivity index (χ4n) is 2.93. The molecule has 1 saturated heterocycles. The van der Waals surface area contributed by atoms with Crippen molar-refractivity contribution in [3.8, 4) is 0 Å². The molecule has 26 heavy (non-hydrogen) atoms. The molecule has 0 aromatic heterocycles. The lowest BCUT2D eigenvalue weighted by atomic mass is 10.2. The molecule has 1 heterocycles. The first kappa shape index (κ1) is 20.3. The minimum Gasteiger partial charge on any atom is -0.481 e. The predicted molar refractivity (Wildman–Crippen MR) is 103 cm³/mol. The monoisotopic (exact) mass is 382 g/mol. The van der Waals surface area contributed by atoms with Gasteiger partial charge < -0.3 is 20.2 Å². The summed E-state index contributed by atoms with van der Waals surface area (Å²) in [5.41, 5.74) is 1.14. The number of benzene rings is 1. The number of carboxylic acids is 1. The van der Waals surface area contributed by atoms with Gasteiger partial charge in [-0.3, -0.25) is 9.69 Å². The number of aliphatic carboxylic acids is 1. The van der Waals surface area contributed by atoms with Gasteiger partial charge in [0.1, 0.15) is 0 Å². The molecule has 0 bridgehead atoms. The van der Waals surface area contributed by atoms with Crippen LogP contribution in [0.1, 0.15) is 6.92 Å². The summed E-state index contributed by atoms with van der Waals surface area (Å²) in [5.74, 6) is -1.48. The van der Waals surface area contributed by atoms with Crippen molar-refractivity contribution in [3.05, 3.63) is 29.3 Å². The van der Waals surface area contributed by atoms with Crippen LogP contribution in [0.15, 0.2) is 24.3 Å². The zero-order valence-electron chi connectivity index (χ0n) is 15.3. The number of carbonyl (C=O) groups is 2. The first-order valence-corrected chi connectivity index (χ1v) is 9.19. The lowest BCUT2D eigenvalue weighted by Gasteiger charge is -2.36. The molecule has 1 aliphatic heterocycles. The SMILES string of the molecule is CC(CN(C)C(=O)NCCN1CCN(c2cccc(Cl)c2)CC1)C(=O)O. The summed E-state index contributed by atoms with van der Waals surface area (Å²) in [4.78, 5) is 28.9. The van der Waals surface area contributed by atoms with Crippen molar-refractivity contribution < 1.29 is 14.7 Å². The van der Waals surface area contributed by atoms with E-state index in [9.17, 15) is 9.59 Å². The molecule has 1 unspecified atom stereocenters. The Morgan fingerprint density at radius 1 is 1.31 bits per heavy atom. The molecular formula is C18H27ClN4O3. The molecular weight excluding hydrogens is 356 g/mol. The van der Waals surface area contributed by atoms with Crippen molar-refractivity contribution in [1.29, 1.82) is 0 Å². The van der Waals surface area contributed by atoms with Crippen molar-refractivity contribution in [1.82, 2.24) is 15.1 Å². The maximum Gasteiger partial charge on any atom is 0.317 e. The molecule has 0 saturated carbocycles. The number of nitrogens with zero attached hydrogens (tertiary/aromatic N) is 3. The quantitative estimate of drug-likeness (QED) is 0.752. The van der Waals surface area contributed by atoms with Crippen LogP contribution in [0.3, 0.4) is 0 Å². The number of hydrogen-bond donors (Lipinski definition) is 2. The first-order valence-electron chi connectivity index (χ1n) is 8.81. The zero-order valence-corrected chi connectivity index (χ0v) is 16.1. The van der Waals surface area contributed by atoms with E-state index in [1.54, 1.807) is 14.0 Å². The fourth-order valence-corrected chi connectivity index (χ4v) is 3.11. The van der Waals surface area contributed by atoms with E-state index < -0.39 is 11.9 Å². The van der Waals surface area contributed by atoms with Crippen molar-refractivity contribution in [2.75, 3.05) is 57.8 Å². The van der Waals surface area contributed by atoms with Crippen LogP contribution < -0.4 is 10.2 Å². The Bertz CT molecular complexity index is 620. The van der Waals surface area contributed by atoms with Crippen LogP contribution in [0, 0.1) is 5.92 Å². The third-order valence-corrected chi connectivity index (χ3v) is 4.80. The fraction of sp³-hybridized carbons (Fsp3) is 0.556. The van der Waals surface area contributed by atoms with Crippen molar-refractivity contribution >= 4 is 29.3 Å². The van der Waals surface area contributed by atoms with Crippen LogP contribution in [0.25, 0.3) is 0 Å². The van der Waals surface area contributed by atoms with E-state index in [1.807, 2.05) is 18.2 Å². The minimum atomic E-state index is -0.901. The lowest BCUT2D eigenvalue weighted by molar-refractivity contribution is -0.141. The third-order valence-electron chi connectivity index (χ3n) is 4.57. The summed E-state index contributed by atoms with van der Waals surface area (Å²) in [6, 6.07) is 7.64. The highest BCUT2D eigenvalue weighted by Gasteiger charge is 2.19. The maximum atomic E-state index is 12.0. The average Bonchev–Trinajstić information content (AvgIpc) is 2.62. The van der Waals surface area contributed by atoms with Crippen LogP contribution in [0.4, 0.5) is 10.5 Å². The summed E-state index contributed by atoms with van der Waals surface area (Å²) in [7, 11) is 1.61. The molecule has 0 aliphatic carbocycles. The highest BCUT2D eigenvalue weighted by atomic mass is 35.5. The molecule has 1 aromatic rings. The molecule has 0 radical (unpaired) electrons. The van der Waals surface area contributed by atoms with Gasteiger partial charge in [-0.25, -0.2) is 4.79 Å². The molecule has 2 rings (SSSR count). The molecule has 0 spiro atoms. The number of carboxylic acid groups (broad SMARTS) is 1. The lowest BCUT2D eigenvalue weighted by Crippen LogP contribution is -2.49. The van der Waals surface area contributed by atoms with Gasteiger partial charge in [-0.15, -0.1) is 0 Å². The second-order valence-corrected chi connectivity index (χ2v) is 7.10. The smallest absolute Gasteiger partial charge is 0.317 e. The number of carbonyl (C=O) groups excluding carboxylic acids is 1. The number of piperazine rings is 1. The van der Waals surface area contributed by atoms with Crippen LogP contribution >= 0.6 is 11.6 Å². The van der Waals surface area contributed by atoms with Gasteiger partial charge in [-0.1, -0.05) is 24.6 Å². The molecule has 1 atom stereocenters. The van der Waals surface area contributed by atoms with Gasteiger partial charge in [-0.05, 0) is 18.2 Å². The second-order valence-electron chi connectivity index (χ2n) is 6.66. The summed E-state index contributed by atoms with van der Waals surface area (Å²) >= 11 is 6.05. The zero-order chi connectivity index (χ0) is 19.1. The van der Waals surface area contributed by atoms with E-state index in [0.717, 1.165) is 43.4 Å². The Hall–Kier alpha value is -1.99. The van der Waals surface area contributed by atoms with Gasteiger partial charge in [0.05, 0.1) is 5.92 Å². The van der Waals surface area contributed by atoms with Crippen molar-refractivity contribution in [3.63, 3.8) is 0 Å². The Morgan fingerprint density at radius 3 is 2.62 bits per heavy atom. The summed E-state index contributed by atoms with van der Waals surface area (Å²) in [5, 5.41) is 12.5. The predicted octanol–water partition coefficient (Wildman–Crippen LogP) is 1.82. The van der Waals surface area contributed by atoms with E-state index in [2.05, 4.69) is 21.2 Å². The number of halogens is 1. The normalized spacial score (nSPS) is 16.2. The standard InChI is InChI=1S/C18H27ClN4O3/c1-14(17(24)25)13-21(2)18(26)20-6-7-22-8-10-23(11-9-22)16-5-3-4-15(19)12-16/h3-5,12,14H,6-11,13H2,1-2H3,(H,20,26)(H,24,25). The van der Waals surface area contributed by atoms with Gasteiger partial charge in [0.25, 0.3) is 0 Å². The second kappa shape index (κ2) is 9.64. The van der Waals surface area contributed by atoms with Crippen molar-refractivity contribution in [2.24, 2.45) is 5.92 Å². The molecule has 1 aromatic carbocycles. The molecule has 2 amide bonds. The number of nitrogens with one attached hydrogen (secondary N) is 1. The highest BCUT2D eigenvalue weighted by molar-refractivity contribution is 6.30. The Kier molecular flexibility index (Phi) is 7.53. The topological polar surface area (TPSA) is 76.1 Å². The third kappa shape index (κ3) is 6.07. The summed E-state index contributed by atoms with van der Waals surface area (Å²) in [6.07, 6.45) is 0. The van der Waals surface area contributed by atoms with Gasteiger partial charge in [0.15, 0.2) is 0 Å². The largest absolute Gasteiger partial charge is 0.481 e. The van der Waals surface area contributed by atoms with Crippen LogP contribution in [0.2, 0.25) is 5.02 Å². The number of amides is 2. The van der Waals surface area contributed by atoms with Crippen molar-refractivity contribution in [2.45, 2.75) is 6.92 Å². The number of anilines is 1. The molecule has 1 fully saturated rings. The molecule has 8 heteroatoms. The number of hydrogen-bond acceptors (Lipinski definition) is 4. The van der Waals surface area contributed by atoms with E-state index in [1.165, 1.54) is 4.90 Å². The average molecular weight is 383 g/mol. The van der Waals surface area contributed by atoms with E-state index in [4.69, 9.17) is 16.7 Å².